The van der Waals surface area contributed by atoms with Crippen LogP contribution in [0.5, 0.6) is 5.75 Å². The van der Waals surface area contributed by atoms with Crippen LogP contribution in [-0.2, 0) is 13.1 Å². The highest BCUT2D eigenvalue weighted by Gasteiger charge is 2.19. The number of rotatable bonds is 6. The molecule has 0 saturated carbocycles. The predicted molar refractivity (Wildman–Crippen MR) is 129 cm³/mol. The Morgan fingerprint density at radius 2 is 1.67 bits per heavy atom. The van der Waals surface area contributed by atoms with Gasteiger partial charge in [0.25, 0.3) is 5.91 Å². The number of amides is 1. The molecule has 0 unspecified atom stereocenters. The summed E-state index contributed by atoms with van der Waals surface area (Å²) in [6, 6.07) is 25.5. The SMILES string of the molecule is COc1ccc(Cn2c3ccccc3c3c(N)nc(C(=O)NCc4ccccc4)nc32)cc1. The molecule has 3 N–H and O–H groups in total. The number of carbonyl (C=O) groups excluding carboxylic acids is 1. The van der Waals surface area contributed by atoms with Crippen molar-refractivity contribution in [1.29, 1.82) is 0 Å². The van der Waals surface area contributed by atoms with Crippen molar-refractivity contribution in [1.82, 2.24) is 19.9 Å². The van der Waals surface area contributed by atoms with Crippen LogP contribution in [0.15, 0.2) is 78.9 Å². The first-order chi connectivity index (χ1) is 16.1. The molecule has 0 aliphatic heterocycles. The number of fused-ring (bicyclic) bond motifs is 3. The topological polar surface area (TPSA) is 95.1 Å². The molecule has 2 aromatic heterocycles. The minimum Gasteiger partial charge on any atom is -0.497 e. The Kier molecular flexibility index (Phi) is 5.36. The Morgan fingerprint density at radius 1 is 0.939 bits per heavy atom. The highest BCUT2D eigenvalue weighted by atomic mass is 16.5. The van der Waals surface area contributed by atoms with Crippen molar-refractivity contribution in [3.05, 3.63) is 95.8 Å². The molecule has 0 saturated heterocycles. The Hall–Kier alpha value is -4.39. The van der Waals surface area contributed by atoms with Gasteiger partial charge in [-0.25, -0.2) is 9.97 Å². The minimum absolute atomic E-state index is 0.0507. The number of hydrogen-bond acceptors (Lipinski definition) is 5. The van der Waals surface area contributed by atoms with Crippen LogP contribution in [0.2, 0.25) is 0 Å². The molecule has 7 heteroatoms. The number of hydrogen-bond donors (Lipinski definition) is 2. The van der Waals surface area contributed by atoms with Crippen LogP contribution in [0.25, 0.3) is 21.9 Å². The fourth-order valence-electron chi connectivity index (χ4n) is 3.99. The highest BCUT2D eigenvalue weighted by molar-refractivity contribution is 6.12. The molecule has 0 atom stereocenters. The first-order valence-corrected chi connectivity index (χ1v) is 10.6. The van der Waals surface area contributed by atoms with E-state index in [-0.39, 0.29) is 17.5 Å². The van der Waals surface area contributed by atoms with Crippen LogP contribution in [0.4, 0.5) is 5.82 Å². The molecule has 33 heavy (non-hydrogen) atoms. The number of nitrogens with zero attached hydrogens (tertiary/aromatic N) is 3. The maximum atomic E-state index is 12.9. The first kappa shape index (κ1) is 20.5. The van der Waals surface area contributed by atoms with Gasteiger partial charge < -0.3 is 20.4 Å². The normalized spacial score (nSPS) is 11.1. The van der Waals surface area contributed by atoms with Gasteiger partial charge in [-0.15, -0.1) is 0 Å². The first-order valence-electron chi connectivity index (χ1n) is 10.6. The lowest BCUT2D eigenvalue weighted by molar-refractivity contribution is 0.0941. The van der Waals surface area contributed by atoms with Gasteiger partial charge in [-0.1, -0.05) is 60.7 Å². The summed E-state index contributed by atoms with van der Waals surface area (Å²) in [5.74, 6) is 0.767. The van der Waals surface area contributed by atoms with Crippen molar-refractivity contribution < 1.29 is 9.53 Å². The van der Waals surface area contributed by atoms with Crippen molar-refractivity contribution >= 4 is 33.7 Å². The van der Waals surface area contributed by atoms with Crippen LogP contribution in [0.1, 0.15) is 21.7 Å². The molecule has 0 spiro atoms. The van der Waals surface area contributed by atoms with Crippen LogP contribution < -0.4 is 15.8 Å². The summed E-state index contributed by atoms with van der Waals surface area (Å²) < 4.78 is 7.34. The summed E-state index contributed by atoms with van der Waals surface area (Å²) in [5, 5.41) is 4.58. The molecule has 164 valence electrons. The third-order valence-electron chi connectivity index (χ3n) is 5.64. The monoisotopic (exact) mass is 437 g/mol. The summed E-state index contributed by atoms with van der Waals surface area (Å²) in [6.07, 6.45) is 0. The van der Waals surface area contributed by atoms with E-state index in [0.717, 1.165) is 33.2 Å². The second-order valence-corrected chi connectivity index (χ2v) is 7.75. The van der Waals surface area contributed by atoms with Gasteiger partial charge in [0.1, 0.15) is 17.2 Å². The average molecular weight is 438 g/mol. The quantitative estimate of drug-likeness (QED) is 0.416. The Labute approximate surface area is 190 Å². The zero-order valence-electron chi connectivity index (χ0n) is 18.2. The third kappa shape index (κ3) is 3.96. The van der Waals surface area contributed by atoms with E-state index in [0.29, 0.717) is 18.7 Å². The largest absolute Gasteiger partial charge is 0.497 e. The molecule has 0 bridgehead atoms. The molecule has 0 aliphatic carbocycles. The van der Waals surface area contributed by atoms with E-state index in [1.165, 1.54) is 0 Å². The highest BCUT2D eigenvalue weighted by Crippen LogP contribution is 2.32. The van der Waals surface area contributed by atoms with E-state index in [2.05, 4.69) is 19.9 Å². The van der Waals surface area contributed by atoms with Crippen LogP contribution in [0.3, 0.4) is 0 Å². The predicted octanol–water partition coefficient (Wildman–Crippen LogP) is 4.15. The molecule has 3 aromatic carbocycles. The fourth-order valence-corrected chi connectivity index (χ4v) is 3.99. The summed E-state index contributed by atoms with van der Waals surface area (Å²) in [7, 11) is 1.64. The number of nitrogen functional groups attached to an aromatic ring is 1. The Bertz CT molecular complexity index is 1440. The number of ether oxygens (including phenoxy) is 1. The zero-order chi connectivity index (χ0) is 22.8. The van der Waals surface area contributed by atoms with Gasteiger partial charge in [0, 0.05) is 18.5 Å². The van der Waals surface area contributed by atoms with Gasteiger partial charge in [0.05, 0.1) is 18.0 Å². The summed E-state index contributed by atoms with van der Waals surface area (Å²) in [6.45, 7) is 0.950. The molecule has 0 aliphatic rings. The van der Waals surface area contributed by atoms with Gasteiger partial charge in [-0.3, -0.25) is 4.79 Å². The molecular formula is C26H23N5O2. The number of para-hydroxylation sites is 1. The van der Waals surface area contributed by atoms with Crippen LogP contribution in [-0.4, -0.2) is 27.6 Å². The molecular weight excluding hydrogens is 414 g/mol. The average Bonchev–Trinajstić information content (AvgIpc) is 3.17. The van der Waals surface area contributed by atoms with E-state index in [4.69, 9.17) is 10.5 Å². The van der Waals surface area contributed by atoms with Crippen LogP contribution in [0, 0.1) is 0 Å². The Morgan fingerprint density at radius 3 is 2.42 bits per heavy atom. The van der Waals surface area contributed by atoms with Gasteiger partial charge in [0.15, 0.2) is 0 Å². The lowest BCUT2D eigenvalue weighted by Crippen LogP contribution is -2.25. The van der Waals surface area contributed by atoms with Crippen molar-refractivity contribution in [2.75, 3.05) is 12.8 Å². The lowest BCUT2D eigenvalue weighted by atomic mass is 10.2. The molecule has 2 heterocycles. The van der Waals surface area contributed by atoms with E-state index in [1.807, 2.05) is 78.9 Å². The maximum absolute atomic E-state index is 12.9. The molecule has 7 nitrogen and oxygen atoms in total. The summed E-state index contributed by atoms with van der Waals surface area (Å²) >= 11 is 0. The number of methoxy groups -OCH3 is 1. The van der Waals surface area contributed by atoms with Crippen molar-refractivity contribution in [3.8, 4) is 5.75 Å². The smallest absolute Gasteiger partial charge is 0.289 e. The van der Waals surface area contributed by atoms with Gasteiger partial charge in [0.2, 0.25) is 5.82 Å². The molecule has 0 radical (unpaired) electrons. The van der Waals surface area contributed by atoms with Crippen molar-refractivity contribution in [2.24, 2.45) is 0 Å². The zero-order valence-corrected chi connectivity index (χ0v) is 18.2. The van der Waals surface area contributed by atoms with Crippen molar-refractivity contribution in [2.45, 2.75) is 13.1 Å². The number of benzene rings is 3. The minimum atomic E-state index is -0.367. The molecule has 5 aromatic rings. The Balaban J connectivity index is 1.56. The van der Waals surface area contributed by atoms with E-state index >= 15 is 0 Å². The van der Waals surface area contributed by atoms with E-state index in [9.17, 15) is 4.79 Å². The lowest BCUT2D eigenvalue weighted by Gasteiger charge is -2.09. The van der Waals surface area contributed by atoms with Gasteiger partial charge in [-0.2, -0.15) is 0 Å². The van der Waals surface area contributed by atoms with Gasteiger partial charge >= 0.3 is 0 Å². The summed E-state index contributed by atoms with van der Waals surface area (Å²) in [5.41, 5.74) is 10.0. The standard InChI is InChI=1S/C26H23N5O2/c1-33-19-13-11-18(12-14-19)16-31-21-10-6-5-9-20(21)22-23(27)29-24(30-25(22)31)26(32)28-15-17-7-3-2-4-8-17/h2-14H,15-16H2,1H3,(H,28,32)(H2,27,29,30). The second kappa shape index (κ2) is 8.63. The van der Waals surface area contributed by atoms with Crippen LogP contribution >= 0.6 is 0 Å². The number of anilines is 1. The number of nitrogens with two attached hydrogens (primary N) is 1. The molecule has 1 amide bonds. The third-order valence-corrected chi connectivity index (χ3v) is 5.64. The van der Waals surface area contributed by atoms with E-state index in [1.54, 1.807) is 7.11 Å². The number of carbonyl (C=O) groups is 1. The maximum Gasteiger partial charge on any atom is 0.289 e. The summed E-state index contributed by atoms with van der Waals surface area (Å²) in [4.78, 5) is 21.8. The number of aromatic nitrogens is 3. The molecule has 5 rings (SSSR count). The second-order valence-electron chi connectivity index (χ2n) is 7.75. The molecule has 0 fully saturated rings. The fraction of sp³-hybridized carbons (Fsp3) is 0.115. The van der Waals surface area contributed by atoms with Gasteiger partial charge in [-0.05, 0) is 29.3 Å². The van der Waals surface area contributed by atoms with Crippen molar-refractivity contribution in [3.63, 3.8) is 0 Å². The van der Waals surface area contributed by atoms with E-state index < -0.39 is 0 Å². The number of nitrogens with one attached hydrogen (secondary N) is 1.